The van der Waals surface area contributed by atoms with E-state index in [2.05, 4.69) is 37.3 Å². The molecule has 26 heavy (non-hydrogen) atoms. The van der Waals surface area contributed by atoms with Crippen LogP contribution in [0.1, 0.15) is 51.9 Å². The van der Waals surface area contributed by atoms with E-state index in [1.165, 1.54) is 6.08 Å². The van der Waals surface area contributed by atoms with Crippen molar-refractivity contribution >= 4 is 5.97 Å². The van der Waals surface area contributed by atoms with Crippen molar-refractivity contribution in [3.63, 3.8) is 0 Å². The minimum absolute atomic E-state index is 0.318. The lowest BCUT2D eigenvalue weighted by atomic mass is 10.1. The Morgan fingerprint density at radius 2 is 1.23 bits per heavy atom. The van der Waals surface area contributed by atoms with Gasteiger partial charge >= 0.3 is 5.97 Å². The van der Waals surface area contributed by atoms with E-state index in [0.717, 1.165) is 38.5 Å². The number of unbranched alkanes of at least 4 members (excludes halogenated alkanes) is 2. The van der Waals surface area contributed by atoms with E-state index in [1.54, 1.807) is 6.08 Å². The van der Waals surface area contributed by atoms with E-state index >= 15 is 0 Å². The Morgan fingerprint density at radius 3 is 1.77 bits per heavy atom. The van der Waals surface area contributed by atoms with Gasteiger partial charge in [-0.15, -0.1) is 0 Å². The molecular weight excluding hydrogens is 328 g/mol. The second-order valence-electron chi connectivity index (χ2n) is 5.78. The van der Waals surface area contributed by atoms with E-state index < -0.39 is 11.8 Å². The summed E-state index contributed by atoms with van der Waals surface area (Å²) in [4.78, 5) is 10.5. The number of aliphatic hydroxyl groups is 2. The summed E-state index contributed by atoms with van der Waals surface area (Å²) in [5.41, 5.74) is 0. The summed E-state index contributed by atoms with van der Waals surface area (Å²) in [6, 6.07) is 0. The van der Waals surface area contributed by atoms with Crippen molar-refractivity contribution in [3.8, 4) is 0 Å². The minimum Gasteiger partial charge on any atom is -0.477 e. The van der Waals surface area contributed by atoms with Crippen molar-refractivity contribution in [2.45, 2.75) is 57.7 Å². The number of carbonyl (C=O) groups is 1. The summed E-state index contributed by atoms with van der Waals surface area (Å²) in [7, 11) is 0. The molecule has 3 N–H and O–H groups in total. The highest BCUT2D eigenvalue weighted by molar-refractivity contribution is 5.75. The fraction of sp³-hybridized carbons (Fsp3) is 0.409. The Kier molecular flexibility index (Phi) is 14.9. The van der Waals surface area contributed by atoms with Crippen LogP contribution < -0.4 is 0 Å². The van der Waals surface area contributed by atoms with Gasteiger partial charge in [0.05, 0.1) is 0 Å². The molecule has 0 saturated carbocycles. The van der Waals surface area contributed by atoms with Gasteiger partial charge in [0.25, 0.3) is 5.79 Å². The van der Waals surface area contributed by atoms with Crippen LogP contribution in [0.4, 0.5) is 0 Å². The molecule has 4 nitrogen and oxygen atoms in total. The second kappa shape index (κ2) is 16.3. The van der Waals surface area contributed by atoms with Crippen LogP contribution >= 0.6 is 0 Å². The molecular formula is C22H32O4. The highest BCUT2D eigenvalue weighted by atomic mass is 16.5. The number of aliphatic carboxylic acids is 1. The molecule has 0 atom stereocenters. The third-order valence-electron chi connectivity index (χ3n) is 3.36. The van der Waals surface area contributed by atoms with Crippen LogP contribution in [-0.2, 0) is 4.79 Å². The number of carboxylic acids is 1. The molecule has 0 aromatic rings. The van der Waals surface area contributed by atoms with Crippen molar-refractivity contribution in [1.82, 2.24) is 0 Å². The largest absolute Gasteiger partial charge is 0.477 e. The van der Waals surface area contributed by atoms with Crippen LogP contribution in [0.2, 0.25) is 0 Å². The Labute approximate surface area is 157 Å². The number of hydrogen-bond acceptors (Lipinski definition) is 3. The molecule has 0 aromatic carbocycles. The fourth-order valence-electron chi connectivity index (χ4n) is 1.87. The first-order valence-electron chi connectivity index (χ1n) is 9.12. The molecule has 0 aliphatic heterocycles. The zero-order valence-electron chi connectivity index (χ0n) is 15.6. The molecule has 0 fully saturated rings. The van der Waals surface area contributed by atoms with Gasteiger partial charge in [-0.05, 0) is 38.5 Å². The number of hydrogen-bond donors (Lipinski definition) is 3. The first-order chi connectivity index (χ1) is 12.5. The number of rotatable bonds is 14. The third-order valence-corrected chi connectivity index (χ3v) is 3.36. The Bertz CT molecular complexity index is 534. The van der Waals surface area contributed by atoms with Crippen LogP contribution in [0, 0.1) is 0 Å². The maximum atomic E-state index is 10.5. The van der Waals surface area contributed by atoms with E-state index in [-0.39, 0.29) is 6.42 Å². The summed E-state index contributed by atoms with van der Waals surface area (Å²) >= 11 is 0. The normalized spacial score (nSPS) is 13.7. The Balaban J connectivity index is 3.70. The van der Waals surface area contributed by atoms with E-state index in [4.69, 9.17) is 15.3 Å². The van der Waals surface area contributed by atoms with Crippen LogP contribution in [0.3, 0.4) is 0 Å². The summed E-state index contributed by atoms with van der Waals surface area (Å²) in [5.74, 6) is -4.32. The first kappa shape index (κ1) is 23.8. The van der Waals surface area contributed by atoms with E-state index in [0.29, 0.717) is 0 Å². The van der Waals surface area contributed by atoms with Gasteiger partial charge in [0.1, 0.15) is 0 Å². The van der Waals surface area contributed by atoms with E-state index in [9.17, 15) is 4.79 Å². The highest BCUT2D eigenvalue weighted by Gasteiger charge is 2.30. The Hall–Kier alpha value is -2.17. The molecule has 0 bridgehead atoms. The van der Waals surface area contributed by atoms with Crippen LogP contribution in [0.5, 0.6) is 0 Å². The number of allylic oxidation sites excluding steroid dienone is 11. The maximum absolute atomic E-state index is 10.5. The topological polar surface area (TPSA) is 77.8 Å². The highest BCUT2D eigenvalue weighted by Crippen LogP contribution is 2.07. The van der Waals surface area contributed by atoms with Crippen LogP contribution in [0.15, 0.2) is 72.9 Å². The van der Waals surface area contributed by atoms with Gasteiger partial charge in [-0.1, -0.05) is 79.8 Å². The molecule has 0 aromatic heterocycles. The molecule has 0 spiro atoms. The molecule has 144 valence electrons. The van der Waals surface area contributed by atoms with E-state index in [1.807, 2.05) is 30.4 Å². The fourth-order valence-corrected chi connectivity index (χ4v) is 1.87. The molecule has 0 aliphatic carbocycles. The summed E-state index contributed by atoms with van der Waals surface area (Å²) in [6.45, 7) is 2.13. The van der Waals surface area contributed by atoms with Crippen molar-refractivity contribution in [3.05, 3.63) is 72.9 Å². The van der Waals surface area contributed by atoms with Crippen molar-refractivity contribution in [2.24, 2.45) is 0 Å². The van der Waals surface area contributed by atoms with Crippen molar-refractivity contribution in [2.75, 3.05) is 0 Å². The zero-order valence-corrected chi connectivity index (χ0v) is 15.6. The smallest absolute Gasteiger partial charge is 0.364 e. The summed E-state index contributed by atoms with van der Waals surface area (Å²) in [6.07, 6.45) is 29.4. The Morgan fingerprint density at radius 1 is 0.731 bits per heavy atom. The lowest BCUT2D eigenvalue weighted by Crippen LogP contribution is -2.37. The molecule has 4 heteroatoms. The van der Waals surface area contributed by atoms with Crippen LogP contribution in [-0.4, -0.2) is 27.1 Å². The van der Waals surface area contributed by atoms with Crippen molar-refractivity contribution < 1.29 is 20.1 Å². The standard InChI is InChI=1S/C22H32O4/c1-2-3-4-5-6-7-8-9-10-11-12-13-14-15-16-17-18-19-20-22(25,26)21(23)24/h3-4,6-7,10-15,18-19,25-26H,2,5,8-9,16-17,20H2,1H3,(H,23,24)/b4-3-,7-6-,11-10-,13-12+,15-14+,19-18-. The monoisotopic (exact) mass is 360 g/mol. The molecule has 0 saturated heterocycles. The lowest BCUT2D eigenvalue weighted by Gasteiger charge is -2.12. The zero-order chi connectivity index (χ0) is 19.5. The number of carboxylic acid groups (broad SMARTS) is 1. The maximum Gasteiger partial charge on any atom is 0.364 e. The van der Waals surface area contributed by atoms with Gasteiger partial charge in [-0.3, -0.25) is 0 Å². The third kappa shape index (κ3) is 15.4. The van der Waals surface area contributed by atoms with Gasteiger partial charge in [0, 0.05) is 6.42 Å². The molecule has 0 rings (SSSR count). The average molecular weight is 360 g/mol. The average Bonchev–Trinajstić information content (AvgIpc) is 2.60. The molecule has 0 radical (unpaired) electrons. The van der Waals surface area contributed by atoms with Gasteiger partial charge in [0.15, 0.2) is 0 Å². The molecule has 0 heterocycles. The predicted octanol–water partition coefficient (Wildman–Crippen LogP) is 4.84. The summed E-state index contributed by atoms with van der Waals surface area (Å²) in [5, 5.41) is 26.7. The van der Waals surface area contributed by atoms with Crippen molar-refractivity contribution in [1.29, 1.82) is 0 Å². The van der Waals surface area contributed by atoms with Gasteiger partial charge in [0.2, 0.25) is 0 Å². The van der Waals surface area contributed by atoms with Gasteiger partial charge in [-0.2, -0.15) is 0 Å². The quantitative estimate of drug-likeness (QED) is 0.179. The SMILES string of the molecule is CC/C=C\C/C=C\CC\C=C/C=C/C=C/CC/C=C\CC(O)(O)C(=O)O. The minimum atomic E-state index is -2.68. The summed E-state index contributed by atoms with van der Waals surface area (Å²) < 4.78 is 0. The second-order valence-corrected chi connectivity index (χ2v) is 5.78. The molecule has 0 amide bonds. The van der Waals surface area contributed by atoms with Gasteiger partial charge in [-0.25, -0.2) is 4.79 Å². The molecule has 0 unspecified atom stereocenters. The van der Waals surface area contributed by atoms with Gasteiger partial charge < -0.3 is 15.3 Å². The molecule has 0 aliphatic rings. The lowest BCUT2D eigenvalue weighted by molar-refractivity contribution is -0.201. The first-order valence-corrected chi connectivity index (χ1v) is 9.12. The predicted molar refractivity (Wildman–Crippen MR) is 108 cm³/mol. The van der Waals surface area contributed by atoms with Crippen LogP contribution in [0.25, 0.3) is 0 Å².